The van der Waals surface area contributed by atoms with E-state index in [1.165, 1.54) is 23.1 Å². The Morgan fingerprint density at radius 1 is 1.35 bits per heavy atom. The maximum Gasteiger partial charge on any atom is 0.326 e. The molecular weight excluding hydrogens is 332 g/mol. The van der Waals surface area contributed by atoms with Crippen molar-refractivity contribution in [3.8, 4) is 6.07 Å². The molecule has 0 radical (unpaired) electrons. The van der Waals surface area contributed by atoms with Crippen LogP contribution < -0.4 is 10.6 Å². The molecule has 1 fully saturated rings. The van der Waals surface area contributed by atoms with Gasteiger partial charge in [0.1, 0.15) is 6.04 Å². The van der Waals surface area contributed by atoms with Gasteiger partial charge in [-0.2, -0.15) is 5.26 Å². The van der Waals surface area contributed by atoms with Gasteiger partial charge in [-0.3, -0.25) is 4.79 Å². The summed E-state index contributed by atoms with van der Waals surface area (Å²) in [6.07, 6.45) is 4.10. The summed E-state index contributed by atoms with van der Waals surface area (Å²) in [5, 5.41) is 24.2. The molecule has 1 aromatic carbocycles. The molecule has 1 aromatic heterocycles. The Morgan fingerprint density at radius 3 is 2.73 bits per heavy atom. The fourth-order valence-electron chi connectivity index (χ4n) is 3.53. The standard InChI is InChI=1S/C14H15N3.C5H7NO3/c1-16-10-3-5-14-12(7-10)11-6-9(8-15)2-4-13(11)17-14;7-4-2-1-3(6-4)5(8)9/h2,4,6,10,16-17H,3,5,7H2,1H3;3H,1-2H2,(H,6,7)(H,8,9)/t10-;3-/m10/s1. The van der Waals surface area contributed by atoms with Crippen LogP contribution in [0.4, 0.5) is 0 Å². The van der Waals surface area contributed by atoms with Crippen molar-refractivity contribution in [2.24, 2.45) is 0 Å². The van der Waals surface area contributed by atoms with Gasteiger partial charge in [0.25, 0.3) is 0 Å². The number of hydrogen-bond donors (Lipinski definition) is 4. The van der Waals surface area contributed by atoms with Crippen LogP contribution in [-0.4, -0.2) is 41.1 Å². The molecule has 136 valence electrons. The number of likely N-dealkylation sites (N-methyl/N-ethyl adjacent to an activating group) is 1. The zero-order valence-electron chi connectivity index (χ0n) is 14.6. The van der Waals surface area contributed by atoms with Gasteiger partial charge in [0.2, 0.25) is 5.91 Å². The van der Waals surface area contributed by atoms with Crippen LogP contribution in [-0.2, 0) is 22.4 Å². The number of amides is 1. The first-order chi connectivity index (χ1) is 12.5. The predicted molar refractivity (Wildman–Crippen MR) is 96.7 cm³/mol. The second kappa shape index (κ2) is 7.58. The fourth-order valence-corrected chi connectivity index (χ4v) is 3.53. The number of carbonyl (C=O) groups is 2. The lowest BCUT2D eigenvalue weighted by Crippen LogP contribution is -2.32. The smallest absolute Gasteiger partial charge is 0.326 e. The van der Waals surface area contributed by atoms with Gasteiger partial charge in [0, 0.05) is 29.1 Å². The number of H-pyrrole nitrogens is 1. The highest BCUT2D eigenvalue weighted by Gasteiger charge is 2.26. The molecule has 1 amide bonds. The molecule has 0 saturated carbocycles. The topological polar surface area (TPSA) is 118 Å². The number of carboxylic acids is 1. The van der Waals surface area contributed by atoms with Crippen molar-refractivity contribution >= 4 is 22.8 Å². The number of aromatic amines is 1. The summed E-state index contributed by atoms with van der Waals surface area (Å²) in [4.78, 5) is 24.0. The highest BCUT2D eigenvalue weighted by Crippen LogP contribution is 2.29. The molecule has 2 heterocycles. The molecular formula is C19H22N4O3. The molecule has 1 aliphatic carbocycles. The van der Waals surface area contributed by atoms with Crippen molar-refractivity contribution in [3.05, 3.63) is 35.0 Å². The third-order valence-electron chi connectivity index (χ3n) is 5.02. The van der Waals surface area contributed by atoms with Gasteiger partial charge in [-0.15, -0.1) is 0 Å². The average molecular weight is 354 g/mol. The van der Waals surface area contributed by atoms with E-state index < -0.39 is 12.0 Å². The summed E-state index contributed by atoms with van der Waals surface area (Å²) in [6, 6.07) is 8.02. The number of rotatable bonds is 2. The molecule has 4 rings (SSSR count). The maximum atomic E-state index is 10.4. The van der Waals surface area contributed by atoms with Gasteiger partial charge in [-0.05, 0) is 56.5 Å². The average Bonchev–Trinajstić information content (AvgIpc) is 3.24. The van der Waals surface area contributed by atoms with E-state index in [2.05, 4.69) is 21.7 Å². The monoisotopic (exact) mass is 354 g/mol. The third-order valence-corrected chi connectivity index (χ3v) is 5.02. The zero-order chi connectivity index (χ0) is 18.7. The number of benzene rings is 1. The predicted octanol–water partition coefficient (Wildman–Crippen LogP) is 1.47. The van der Waals surface area contributed by atoms with Crippen LogP contribution in [0.15, 0.2) is 18.2 Å². The Balaban J connectivity index is 0.000000185. The molecule has 1 saturated heterocycles. The number of nitrogens with zero attached hydrogens (tertiary/aromatic N) is 1. The van der Waals surface area contributed by atoms with E-state index in [0.29, 0.717) is 18.9 Å². The number of carbonyl (C=O) groups excluding carboxylic acids is 1. The summed E-state index contributed by atoms with van der Waals surface area (Å²) in [5.41, 5.74) is 4.64. The Bertz CT molecular complexity index is 881. The number of nitriles is 1. The summed E-state index contributed by atoms with van der Waals surface area (Å²) in [7, 11) is 2.02. The van der Waals surface area contributed by atoms with E-state index in [9.17, 15) is 9.59 Å². The van der Waals surface area contributed by atoms with E-state index in [4.69, 9.17) is 10.4 Å². The lowest BCUT2D eigenvalue weighted by atomic mass is 9.91. The van der Waals surface area contributed by atoms with Gasteiger partial charge in [0.05, 0.1) is 11.6 Å². The molecule has 0 bridgehead atoms. The van der Waals surface area contributed by atoms with Gasteiger partial charge in [-0.1, -0.05) is 0 Å². The van der Waals surface area contributed by atoms with Gasteiger partial charge >= 0.3 is 5.97 Å². The van der Waals surface area contributed by atoms with E-state index in [1.54, 1.807) is 0 Å². The minimum atomic E-state index is -0.944. The van der Waals surface area contributed by atoms with Crippen molar-refractivity contribution in [1.82, 2.24) is 15.6 Å². The normalized spacial score (nSPS) is 21.3. The summed E-state index contributed by atoms with van der Waals surface area (Å²) in [5.74, 6) is -1.11. The van der Waals surface area contributed by atoms with Gasteiger partial charge in [0.15, 0.2) is 0 Å². The highest BCUT2D eigenvalue weighted by atomic mass is 16.4. The Morgan fingerprint density at radius 2 is 2.15 bits per heavy atom. The van der Waals surface area contributed by atoms with Crippen LogP contribution in [0.1, 0.15) is 36.1 Å². The van der Waals surface area contributed by atoms with Crippen LogP contribution >= 0.6 is 0 Å². The van der Waals surface area contributed by atoms with E-state index in [1.807, 2.05) is 25.2 Å². The third kappa shape index (κ3) is 3.70. The number of hydrogen-bond acceptors (Lipinski definition) is 4. The van der Waals surface area contributed by atoms with E-state index in [0.717, 1.165) is 23.9 Å². The number of nitrogens with one attached hydrogen (secondary N) is 3. The quantitative estimate of drug-likeness (QED) is 0.651. The summed E-state index contributed by atoms with van der Waals surface area (Å²) in [6.45, 7) is 0. The van der Waals surface area contributed by atoms with Crippen molar-refractivity contribution in [2.75, 3.05) is 7.05 Å². The van der Waals surface area contributed by atoms with Crippen LogP contribution in [0.5, 0.6) is 0 Å². The molecule has 7 heteroatoms. The zero-order valence-corrected chi connectivity index (χ0v) is 14.6. The Hall–Kier alpha value is -2.85. The fraction of sp³-hybridized carbons (Fsp3) is 0.421. The molecule has 4 N–H and O–H groups in total. The molecule has 2 aliphatic rings. The summed E-state index contributed by atoms with van der Waals surface area (Å²) < 4.78 is 0. The molecule has 7 nitrogen and oxygen atoms in total. The van der Waals surface area contributed by atoms with Crippen molar-refractivity contribution in [1.29, 1.82) is 5.26 Å². The van der Waals surface area contributed by atoms with E-state index >= 15 is 0 Å². The highest BCUT2D eigenvalue weighted by molar-refractivity contribution is 5.87. The van der Waals surface area contributed by atoms with Crippen LogP contribution in [0.25, 0.3) is 10.9 Å². The second-order valence-corrected chi connectivity index (χ2v) is 6.68. The molecule has 0 spiro atoms. The minimum Gasteiger partial charge on any atom is -0.480 e. The first-order valence-corrected chi connectivity index (χ1v) is 8.74. The first kappa shape index (κ1) is 18.0. The summed E-state index contributed by atoms with van der Waals surface area (Å²) >= 11 is 0. The SMILES string of the molecule is CN[C@@H]1CCc2[nH]c3ccc(C#N)cc3c2C1.O=C1CC[C@@H](C(=O)O)N1. The second-order valence-electron chi connectivity index (χ2n) is 6.68. The van der Waals surface area contributed by atoms with Crippen LogP contribution in [0, 0.1) is 11.3 Å². The number of aliphatic carboxylic acids is 1. The number of aromatic nitrogens is 1. The van der Waals surface area contributed by atoms with Crippen molar-refractivity contribution in [2.45, 2.75) is 44.2 Å². The van der Waals surface area contributed by atoms with Crippen molar-refractivity contribution in [3.63, 3.8) is 0 Å². The number of fused-ring (bicyclic) bond motifs is 3. The van der Waals surface area contributed by atoms with Gasteiger partial charge in [-0.25, -0.2) is 4.79 Å². The van der Waals surface area contributed by atoms with Gasteiger partial charge < -0.3 is 20.7 Å². The maximum absolute atomic E-state index is 10.4. The van der Waals surface area contributed by atoms with Crippen molar-refractivity contribution < 1.29 is 14.7 Å². The number of aryl methyl sites for hydroxylation is 1. The lowest BCUT2D eigenvalue weighted by molar-refractivity contribution is -0.140. The molecule has 26 heavy (non-hydrogen) atoms. The largest absolute Gasteiger partial charge is 0.480 e. The molecule has 1 aliphatic heterocycles. The van der Waals surface area contributed by atoms with Crippen LogP contribution in [0.2, 0.25) is 0 Å². The van der Waals surface area contributed by atoms with Crippen LogP contribution in [0.3, 0.4) is 0 Å². The first-order valence-electron chi connectivity index (χ1n) is 8.74. The Labute approximate surface area is 151 Å². The molecule has 2 aromatic rings. The number of carboxylic acid groups (broad SMARTS) is 1. The Kier molecular flexibility index (Phi) is 5.24. The lowest BCUT2D eigenvalue weighted by Gasteiger charge is -2.21. The van der Waals surface area contributed by atoms with E-state index in [-0.39, 0.29) is 5.91 Å². The molecule has 0 unspecified atom stereocenters. The molecule has 2 atom stereocenters. The minimum absolute atomic E-state index is 0.164.